The molecule has 0 radical (unpaired) electrons. The third-order valence-corrected chi connectivity index (χ3v) is 6.82. The SMILES string of the molecule is CC1=C(c2cc(C=O)n(CCN(C)C)n2)Cc2c(cc(C)cc2C(C)Nc2ccccc2C(=O)O)C1=O. The van der Waals surface area contributed by atoms with Gasteiger partial charge >= 0.3 is 5.97 Å². The highest BCUT2D eigenvalue weighted by molar-refractivity contribution is 6.16. The van der Waals surface area contributed by atoms with Gasteiger partial charge in [-0.3, -0.25) is 14.3 Å². The van der Waals surface area contributed by atoms with Crippen molar-refractivity contribution in [1.82, 2.24) is 14.7 Å². The summed E-state index contributed by atoms with van der Waals surface area (Å²) < 4.78 is 1.69. The monoisotopic (exact) mass is 500 g/mol. The summed E-state index contributed by atoms with van der Waals surface area (Å²) in [6, 6.07) is 12.2. The Morgan fingerprint density at radius 1 is 1.22 bits per heavy atom. The largest absolute Gasteiger partial charge is 0.478 e. The maximum absolute atomic E-state index is 13.5. The average molecular weight is 501 g/mol. The van der Waals surface area contributed by atoms with E-state index in [1.54, 1.807) is 35.0 Å². The number of carboxylic acids is 1. The topological polar surface area (TPSA) is 105 Å². The highest BCUT2D eigenvalue weighted by Crippen LogP contribution is 2.37. The summed E-state index contributed by atoms with van der Waals surface area (Å²) in [4.78, 5) is 39.0. The first-order valence-electron chi connectivity index (χ1n) is 12.3. The number of benzene rings is 2. The Kier molecular flexibility index (Phi) is 7.40. The van der Waals surface area contributed by atoms with Crippen molar-refractivity contribution in [3.05, 3.63) is 87.2 Å². The van der Waals surface area contributed by atoms with Crippen LogP contribution in [0.1, 0.15) is 73.5 Å². The Bertz CT molecular complexity index is 1420. The summed E-state index contributed by atoms with van der Waals surface area (Å²) in [5.74, 6) is -1.07. The number of carbonyl (C=O) groups is 3. The van der Waals surface area contributed by atoms with Gasteiger partial charge in [-0.1, -0.05) is 23.8 Å². The van der Waals surface area contributed by atoms with Gasteiger partial charge in [0.05, 0.1) is 17.8 Å². The number of Topliss-reactive ketones (excluding diaryl/α,β-unsaturated/α-hetero) is 1. The highest BCUT2D eigenvalue weighted by atomic mass is 16.4. The minimum atomic E-state index is -1.01. The maximum atomic E-state index is 13.5. The van der Waals surface area contributed by atoms with E-state index < -0.39 is 5.97 Å². The Morgan fingerprint density at radius 2 is 1.95 bits per heavy atom. The van der Waals surface area contributed by atoms with Crippen molar-refractivity contribution in [2.75, 3.05) is 26.0 Å². The van der Waals surface area contributed by atoms with Gasteiger partial charge in [-0.25, -0.2) is 4.79 Å². The molecule has 2 aromatic carbocycles. The summed E-state index contributed by atoms with van der Waals surface area (Å²) in [6.45, 7) is 7.01. The van der Waals surface area contributed by atoms with Crippen molar-refractivity contribution in [3.63, 3.8) is 0 Å². The molecule has 0 spiro atoms. The van der Waals surface area contributed by atoms with Crippen LogP contribution in [0, 0.1) is 6.92 Å². The number of para-hydroxylation sites is 1. The third kappa shape index (κ3) is 5.24. The smallest absolute Gasteiger partial charge is 0.337 e. The number of aromatic carboxylic acids is 1. The van der Waals surface area contributed by atoms with Crippen molar-refractivity contribution >= 4 is 29.3 Å². The molecule has 0 aliphatic heterocycles. The van der Waals surface area contributed by atoms with Crippen molar-refractivity contribution in [2.45, 2.75) is 39.8 Å². The number of aldehydes is 1. The Balaban J connectivity index is 1.73. The number of aromatic nitrogens is 2. The molecule has 1 heterocycles. The van der Waals surface area contributed by atoms with E-state index >= 15 is 0 Å². The Morgan fingerprint density at radius 3 is 2.62 bits per heavy atom. The number of nitrogens with one attached hydrogen (secondary N) is 1. The first-order chi connectivity index (χ1) is 17.6. The zero-order valence-electron chi connectivity index (χ0n) is 21.8. The molecule has 0 saturated carbocycles. The van der Waals surface area contributed by atoms with Crippen LogP contribution >= 0.6 is 0 Å². The molecular formula is C29H32N4O4. The van der Waals surface area contributed by atoms with Gasteiger partial charge < -0.3 is 15.3 Å². The Hall–Kier alpha value is -4.04. The van der Waals surface area contributed by atoms with Gasteiger partial charge in [-0.15, -0.1) is 0 Å². The molecule has 0 saturated heterocycles. The molecular weight excluding hydrogens is 468 g/mol. The van der Waals surface area contributed by atoms with E-state index in [1.165, 1.54) is 0 Å². The first-order valence-corrected chi connectivity index (χ1v) is 12.3. The standard InChI is InChI=1S/C29H32N4O4/c1-17-12-23(19(3)30-26-9-7-6-8-21(26)29(36)37)24-15-22(18(2)28(35)25(24)13-17)27-14-20(16-34)33(31-27)11-10-32(4)5/h6-9,12-14,16,19,30H,10-11,15H2,1-5H3,(H,36,37). The number of anilines is 1. The molecule has 1 unspecified atom stereocenters. The summed E-state index contributed by atoms with van der Waals surface area (Å²) in [5.41, 5.74) is 6.64. The lowest BCUT2D eigenvalue weighted by Gasteiger charge is -2.26. The van der Waals surface area contributed by atoms with E-state index in [2.05, 4.69) is 5.32 Å². The number of fused-ring (bicyclic) bond motifs is 1. The lowest BCUT2D eigenvalue weighted by molar-refractivity contribution is 0.0697. The number of hydrogen-bond acceptors (Lipinski definition) is 6. The van der Waals surface area contributed by atoms with Crippen molar-refractivity contribution in [3.8, 4) is 0 Å². The molecule has 37 heavy (non-hydrogen) atoms. The second-order valence-electron chi connectivity index (χ2n) is 9.81. The van der Waals surface area contributed by atoms with Crippen LogP contribution in [-0.4, -0.2) is 58.5 Å². The molecule has 8 nitrogen and oxygen atoms in total. The van der Waals surface area contributed by atoms with Gasteiger partial charge in [0.2, 0.25) is 0 Å². The quantitative estimate of drug-likeness (QED) is 0.412. The summed E-state index contributed by atoms with van der Waals surface area (Å²) in [7, 11) is 3.92. The minimum absolute atomic E-state index is 0.0603. The molecule has 1 aromatic heterocycles. The number of hydrogen-bond donors (Lipinski definition) is 2. The summed E-state index contributed by atoms with van der Waals surface area (Å²) in [6.07, 6.45) is 1.28. The van der Waals surface area contributed by atoms with Gasteiger partial charge in [0.1, 0.15) is 5.69 Å². The van der Waals surface area contributed by atoms with E-state index in [4.69, 9.17) is 5.10 Å². The van der Waals surface area contributed by atoms with E-state index in [9.17, 15) is 19.5 Å². The average Bonchev–Trinajstić information content (AvgIpc) is 3.28. The maximum Gasteiger partial charge on any atom is 0.337 e. The second-order valence-corrected chi connectivity index (χ2v) is 9.81. The number of allylic oxidation sites excluding steroid dienone is 2. The van der Waals surface area contributed by atoms with E-state index in [1.807, 2.05) is 51.9 Å². The fourth-order valence-electron chi connectivity index (χ4n) is 4.82. The lowest BCUT2D eigenvalue weighted by atomic mass is 9.80. The number of likely N-dealkylation sites (N-methyl/N-ethyl adjacent to an activating group) is 1. The molecule has 3 aromatic rings. The van der Waals surface area contributed by atoms with E-state index in [-0.39, 0.29) is 17.4 Å². The fraction of sp³-hybridized carbons (Fsp3) is 0.310. The van der Waals surface area contributed by atoms with Crippen LogP contribution in [0.25, 0.3) is 5.57 Å². The zero-order valence-corrected chi connectivity index (χ0v) is 21.8. The normalized spacial score (nSPS) is 14.1. The van der Waals surface area contributed by atoms with Crippen LogP contribution in [0.2, 0.25) is 0 Å². The van der Waals surface area contributed by atoms with Crippen LogP contribution in [0.4, 0.5) is 5.69 Å². The lowest BCUT2D eigenvalue weighted by Crippen LogP contribution is -2.21. The van der Waals surface area contributed by atoms with Crippen molar-refractivity contribution < 1.29 is 19.5 Å². The zero-order chi connectivity index (χ0) is 26.9. The predicted octanol–water partition coefficient (Wildman–Crippen LogP) is 4.65. The first kappa shape index (κ1) is 26.0. The number of nitrogens with zero attached hydrogens (tertiary/aromatic N) is 3. The number of aryl methyl sites for hydroxylation is 1. The molecule has 1 aliphatic rings. The van der Waals surface area contributed by atoms with Gasteiger partial charge in [-0.2, -0.15) is 5.10 Å². The fourth-order valence-corrected chi connectivity index (χ4v) is 4.82. The van der Waals surface area contributed by atoms with Crippen LogP contribution in [0.3, 0.4) is 0 Å². The van der Waals surface area contributed by atoms with Crippen LogP contribution in [-0.2, 0) is 13.0 Å². The molecule has 1 atom stereocenters. The predicted molar refractivity (Wildman–Crippen MR) is 143 cm³/mol. The van der Waals surface area contributed by atoms with Crippen molar-refractivity contribution in [2.24, 2.45) is 0 Å². The molecule has 1 aliphatic carbocycles. The van der Waals surface area contributed by atoms with Crippen LogP contribution < -0.4 is 5.32 Å². The molecule has 2 N–H and O–H groups in total. The molecule has 8 heteroatoms. The van der Waals surface area contributed by atoms with E-state index in [0.29, 0.717) is 41.2 Å². The summed E-state index contributed by atoms with van der Waals surface area (Å²) in [5, 5.41) is 17.6. The number of rotatable bonds is 9. The third-order valence-electron chi connectivity index (χ3n) is 6.82. The number of carbonyl (C=O) groups excluding carboxylic acids is 2. The molecule has 0 fully saturated rings. The van der Waals surface area contributed by atoms with Crippen LogP contribution in [0.5, 0.6) is 0 Å². The van der Waals surface area contributed by atoms with Gasteiger partial charge in [0, 0.05) is 35.8 Å². The van der Waals surface area contributed by atoms with Crippen molar-refractivity contribution in [1.29, 1.82) is 0 Å². The molecule has 192 valence electrons. The number of carboxylic acid groups (broad SMARTS) is 1. The second kappa shape index (κ2) is 10.5. The van der Waals surface area contributed by atoms with Gasteiger partial charge in [-0.05, 0) is 75.8 Å². The van der Waals surface area contributed by atoms with E-state index in [0.717, 1.165) is 35.1 Å². The molecule has 0 bridgehead atoms. The highest BCUT2D eigenvalue weighted by Gasteiger charge is 2.29. The number of ketones is 1. The van der Waals surface area contributed by atoms with Crippen LogP contribution in [0.15, 0.2) is 48.0 Å². The molecule has 4 rings (SSSR count). The molecule has 0 amide bonds. The minimum Gasteiger partial charge on any atom is -0.478 e. The summed E-state index contributed by atoms with van der Waals surface area (Å²) >= 11 is 0. The Labute approximate surface area is 216 Å². The van der Waals surface area contributed by atoms with Gasteiger partial charge in [0.25, 0.3) is 0 Å². The van der Waals surface area contributed by atoms with Gasteiger partial charge in [0.15, 0.2) is 12.1 Å².